The van der Waals surface area contributed by atoms with E-state index in [2.05, 4.69) is 17.4 Å². The van der Waals surface area contributed by atoms with Gasteiger partial charge in [0.05, 0.1) is 0 Å². The number of rotatable bonds is 7. The summed E-state index contributed by atoms with van der Waals surface area (Å²) in [5.74, 6) is 0.388. The first kappa shape index (κ1) is 19.1. The van der Waals surface area contributed by atoms with Gasteiger partial charge in [0.15, 0.2) is 6.61 Å². The molecule has 0 saturated heterocycles. The van der Waals surface area contributed by atoms with E-state index in [1.807, 2.05) is 32.0 Å². The van der Waals surface area contributed by atoms with Gasteiger partial charge in [-0.05, 0) is 55.3 Å². The molecule has 0 radical (unpaired) electrons. The molecular weight excluding hydrogens is 332 g/mol. The smallest absolute Gasteiger partial charge is 0.276 e. The van der Waals surface area contributed by atoms with E-state index in [9.17, 15) is 9.59 Å². The first-order valence-electron chi connectivity index (χ1n) is 8.12. The van der Waals surface area contributed by atoms with Crippen LogP contribution >= 0.6 is 0 Å². The van der Waals surface area contributed by atoms with Gasteiger partial charge >= 0.3 is 0 Å². The van der Waals surface area contributed by atoms with Crippen LogP contribution in [0.2, 0.25) is 0 Å². The quantitative estimate of drug-likeness (QED) is 0.592. The third-order valence-corrected chi connectivity index (χ3v) is 3.50. The molecule has 0 spiro atoms. The summed E-state index contributed by atoms with van der Waals surface area (Å²) in [5.41, 5.74) is 7.05. The fraction of sp³-hybridized carbons (Fsp3) is 0.200. The van der Waals surface area contributed by atoms with Crippen molar-refractivity contribution in [3.63, 3.8) is 0 Å². The van der Waals surface area contributed by atoms with Gasteiger partial charge < -0.3 is 9.47 Å². The minimum atomic E-state index is -0.454. The molecule has 0 atom stereocenters. The summed E-state index contributed by atoms with van der Waals surface area (Å²) in [5, 5.41) is 0. The number of hydrogen-bond donors (Lipinski definition) is 2. The van der Waals surface area contributed by atoms with Gasteiger partial charge in [-0.1, -0.05) is 24.8 Å². The summed E-state index contributed by atoms with van der Waals surface area (Å²) < 4.78 is 10.8. The van der Waals surface area contributed by atoms with Gasteiger partial charge in [-0.3, -0.25) is 20.4 Å². The highest BCUT2D eigenvalue weighted by atomic mass is 16.5. The van der Waals surface area contributed by atoms with Crippen molar-refractivity contribution in [1.82, 2.24) is 10.9 Å². The molecule has 6 nitrogen and oxygen atoms in total. The van der Waals surface area contributed by atoms with Crippen LogP contribution in [0.3, 0.4) is 0 Å². The largest absolute Gasteiger partial charge is 0.490 e. The summed E-state index contributed by atoms with van der Waals surface area (Å²) >= 11 is 0. The summed E-state index contributed by atoms with van der Waals surface area (Å²) in [6.45, 7) is 7.61. The van der Waals surface area contributed by atoms with Crippen molar-refractivity contribution in [2.45, 2.75) is 13.8 Å². The van der Waals surface area contributed by atoms with Crippen LogP contribution in [-0.2, 0) is 4.79 Å². The molecule has 2 aromatic rings. The van der Waals surface area contributed by atoms with Crippen molar-refractivity contribution in [1.29, 1.82) is 0 Å². The molecule has 0 saturated carbocycles. The van der Waals surface area contributed by atoms with E-state index in [-0.39, 0.29) is 6.61 Å². The molecule has 0 unspecified atom stereocenters. The van der Waals surface area contributed by atoms with Gasteiger partial charge in [-0.25, -0.2) is 0 Å². The average Bonchev–Trinajstić information content (AvgIpc) is 2.65. The van der Waals surface area contributed by atoms with Crippen LogP contribution in [-0.4, -0.2) is 25.0 Å². The van der Waals surface area contributed by atoms with Crippen LogP contribution in [0.5, 0.6) is 11.5 Å². The normalized spacial score (nSPS) is 9.92. The van der Waals surface area contributed by atoms with Crippen molar-refractivity contribution in [2.24, 2.45) is 0 Å². The Hall–Kier alpha value is -3.28. The zero-order chi connectivity index (χ0) is 18.9. The third-order valence-electron chi connectivity index (χ3n) is 3.50. The van der Waals surface area contributed by atoms with Crippen LogP contribution in [0.4, 0.5) is 0 Å². The number of carbonyl (C=O) groups excluding carboxylic acids is 2. The van der Waals surface area contributed by atoms with Gasteiger partial charge in [0.25, 0.3) is 11.8 Å². The third kappa shape index (κ3) is 5.66. The van der Waals surface area contributed by atoms with Crippen LogP contribution < -0.4 is 20.3 Å². The van der Waals surface area contributed by atoms with E-state index in [1.54, 1.807) is 30.3 Å². The maximum Gasteiger partial charge on any atom is 0.276 e. The van der Waals surface area contributed by atoms with Gasteiger partial charge in [0.1, 0.15) is 18.1 Å². The summed E-state index contributed by atoms with van der Waals surface area (Å²) in [4.78, 5) is 23.9. The first-order valence-corrected chi connectivity index (χ1v) is 8.12. The molecule has 0 fully saturated rings. The number of benzene rings is 2. The van der Waals surface area contributed by atoms with E-state index in [1.165, 1.54) is 0 Å². The molecular formula is C20H22N2O4. The highest BCUT2D eigenvalue weighted by Gasteiger charge is 2.09. The van der Waals surface area contributed by atoms with Crippen LogP contribution in [0.1, 0.15) is 21.5 Å². The topological polar surface area (TPSA) is 76.7 Å². The van der Waals surface area contributed by atoms with Crippen molar-refractivity contribution < 1.29 is 19.1 Å². The molecule has 0 aromatic heterocycles. The number of nitrogens with one attached hydrogen (secondary N) is 2. The van der Waals surface area contributed by atoms with E-state index in [0.717, 1.165) is 11.1 Å². The molecule has 0 bridgehead atoms. The Balaban J connectivity index is 1.80. The number of carbonyl (C=O) groups is 2. The molecule has 2 aromatic carbocycles. The highest BCUT2D eigenvalue weighted by molar-refractivity contribution is 5.95. The minimum absolute atomic E-state index is 0.196. The van der Waals surface area contributed by atoms with Crippen LogP contribution in [0, 0.1) is 13.8 Å². The number of ether oxygens (including phenoxy) is 2. The average molecular weight is 354 g/mol. The fourth-order valence-electron chi connectivity index (χ4n) is 2.10. The zero-order valence-electron chi connectivity index (χ0n) is 14.9. The molecule has 2 rings (SSSR count). The minimum Gasteiger partial charge on any atom is -0.490 e. The maximum atomic E-state index is 12.0. The van der Waals surface area contributed by atoms with Crippen molar-refractivity contribution >= 4 is 11.8 Å². The number of aryl methyl sites for hydroxylation is 2. The van der Waals surface area contributed by atoms with Gasteiger partial charge in [-0.15, -0.1) is 0 Å². The second-order valence-electron chi connectivity index (χ2n) is 5.68. The lowest BCUT2D eigenvalue weighted by atomic mass is 10.1. The first-order chi connectivity index (χ1) is 12.5. The Bertz CT molecular complexity index is 785. The van der Waals surface area contributed by atoms with Crippen molar-refractivity contribution in [2.75, 3.05) is 13.2 Å². The predicted molar refractivity (Wildman–Crippen MR) is 99.2 cm³/mol. The molecule has 0 aliphatic rings. The van der Waals surface area contributed by atoms with Crippen molar-refractivity contribution in [3.05, 3.63) is 71.8 Å². The molecule has 2 amide bonds. The monoisotopic (exact) mass is 354 g/mol. The molecule has 6 heteroatoms. The maximum absolute atomic E-state index is 12.0. The van der Waals surface area contributed by atoms with E-state index < -0.39 is 11.8 Å². The predicted octanol–water partition coefficient (Wildman–Crippen LogP) is 2.71. The molecule has 26 heavy (non-hydrogen) atoms. The molecule has 2 N–H and O–H groups in total. The lowest BCUT2D eigenvalue weighted by Gasteiger charge is -2.11. The second kappa shape index (κ2) is 9.27. The number of hydrogen-bond acceptors (Lipinski definition) is 4. The van der Waals surface area contributed by atoms with E-state index in [4.69, 9.17) is 9.47 Å². The summed E-state index contributed by atoms with van der Waals surface area (Å²) in [7, 11) is 0. The zero-order valence-corrected chi connectivity index (χ0v) is 14.9. The summed E-state index contributed by atoms with van der Waals surface area (Å²) in [6, 6.07) is 12.3. The van der Waals surface area contributed by atoms with Gasteiger partial charge in [0.2, 0.25) is 0 Å². The highest BCUT2D eigenvalue weighted by Crippen LogP contribution is 2.18. The lowest BCUT2D eigenvalue weighted by molar-refractivity contribution is -0.123. The van der Waals surface area contributed by atoms with E-state index in [0.29, 0.717) is 23.7 Å². The van der Waals surface area contributed by atoms with E-state index >= 15 is 0 Å². The molecule has 0 aliphatic heterocycles. The van der Waals surface area contributed by atoms with Crippen LogP contribution in [0.25, 0.3) is 0 Å². The van der Waals surface area contributed by atoms with Crippen molar-refractivity contribution in [3.8, 4) is 11.5 Å². The summed E-state index contributed by atoms with van der Waals surface area (Å²) in [6.07, 6.45) is 1.64. The standard InChI is InChI=1S/C20H22N2O4/c1-4-11-25-17-9-7-16(8-10-17)20(24)22-21-19(23)13-26-18-12-14(2)5-6-15(18)3/h4-10,12H,1,11,13H2,2-3H3,(H,21,23)(H,22,24). The Labute approximate surface area is 152 Å². The Kier molecular flexibility index (Phi) is 6.79. The Morgan fingerprint density at radius 1 is 1.04 bits per heavy atom. The Morgan fingerprint density at radius 2 is 1.77 bits per heavy atom. The fourth-order valence-corrected chi connectivity index (χ4v) is 2.10. The number of hydrazine groups is 1. The number of amides is 2. The molecule has 0 heterocycles. The Morgan fingerprint density at radius 3 is 2.46 bits per heavy atom. The van der Waals surface area contributed by atoms with Gasteiger partial charge in [0, 0.05) is 5.56 Å². The lowest BCUT2D eigenvalue weighted by Crippen LogP contribution is -2.43. The SMILES string of the molecule is C=CCOc1ccc(C(=O)NNC(=O)COc2cc(C)ccc2C)cc1. The molecule has 0 aliphatic carbocycles. The second-order valence-corrected chi connectivity index (χ2v) is 5.68. The van der Waals surface area contributed by atoms with Crippen LogP contribution in [0.15, 0.2) is 55.1 Å². The van der Waals surface area contributed by atoms with Gasteiger partial charge in [-0.2, -0.15) is 0 Å². The molecule has 136 valence electrons.